The van der Waals surface area contributed by atoms with Gasteiger partial charge in [0, 0.05) is 5.56 Å². The Labute approximate surface area is 131 Å². The van der Waals surface area contributed by atoms with Crippen LogP contribution in [-0.4, -0.2) is 15.3 Å². The fourth-order valence-electron chi connectivity index (χ4n) is 2.55. The minimum atomic E-state index is -0.711. The third-order valence-corrected chi connectivity index (χ3v) is 3.76. The monoisotopic (exact) mass is 312 g/mol. The van der Waals surface area contributed by atoms with E-state index in [0.29, 0.717) is 11.0 Å². The lowest BCUT2D eigenvalue weighted by atomic mass is 10.0. The van der Waals surface area contributed by atoms with Crippen LogP contribution in [0.15, 0.2) is 45.1 Å². The molecule has 0 unspecified atom stereocenters. The van der Waals surface area contributed by atoms with Crippen molar-refractivity contribution in [2.45, 2.75) is 20.3 Å². The first-order valence-corrected chi connectivity index (χ1v) is 7.16. The average molecular weight is 312 g/mol. The Bertz CT molecular complexity index is 1010. The Morgan fingerprint density at radius 3 is 2.48 bits per heavy atom. The van der Waals surface area contributed by atoms with Crippen molar-refractivity contribution in [1.82, 2.24) is 0 Å². The zero-order chi connectivity index (χ0) is 16.7. The molecule has 1 heterocycles. The quantitative estimate of drug-likeness (QED) is 0.382. The summed E-state index contributed by atoms with van der Waals surface area (Å²) in [6.45, 7) is 3.79. The van der Waals surface area contributed by atoms with Gasteiger partial charge in [0.05, 0.1) is 5.39 Å². The molecule has 0 atom stereocenters. The predicted octanol–water partition coefficient (Wildman–Crippen LogP) is 3.57. The Morgan fingerprint density at radius 1 is 1.09 bits per heavy atom. The van der Waals surface area contributed by atoms with Crippen molar-refractivity contribution < 1.29 is 19.7 Å². The highest BCUT2D eigenvalue weighted by atomic mass is 16.3. The van der Waals surface area contributed by atoms with Gasteiger partial charge in [0.25, 0.3) is 0 Å². The molecule has 3 N–H and O–H groups in total. The summed E-state index contributed by atoms with van der Waals surface area (Å²) in [5.41, 5.74) is 1.26. The summed E-state index contributed by atoms with van der Waals surface area (Å²) in [4.78, 5) is 12.6. The summed E-state index contributed by atoms with van der Waals surface area (Å²) in [6, 6.07) is 6.64. The Morgan fingerprint density at radius 2 is 1.78 bits per heavy atom. The molecule has 0 amide bonds. The third-order valence-electron chi connectivity index (χ3n) is 3.76. The van der Waals surface area contributed by atoms with Gasteiger partial charge in [-0.25, -0.2) is 0 Å². The van der Waals surface area contributed by atoms with Crippen molar-refractivity contribution in [2.75, 3.05) is 0 Å². The van der Waals surface area contributed by atoms with Crippen molar-refractivity contribution in [3.05, 3.63) is 51.7 Å². The number of rotatable bonds is 2. The lowest BCUT2D eigenvalue weighted by molar-refractivity contribution is 0.368. The molecule has 3 rings (SSSR count). The molecular formula is C18H16O5. The molecule has 0 radical (unpaired) electrons. The fraction of sp³-hybridized carbons (Fsp3) is 0.167. The van der Waals surface area contributed by atoms with Gasteiger partial charge in [-0.3, -0.25) is 4.79 Å². The molecule has 3 aromatic rings. The van der Waals surface area contributed by atoms with Gasteiger partial charge in [-0.1, -0.05) is 23.8 Å². The number of phenols is 3. The van der Waals surface area contributed by atoms with Gasteiger partial charge in [-0.2, -0.15) is 0 Å². The molecule has 5 nitrogen and oxygen atoms in total. The van der Waals surface area contributed by atoms with E-state index < -0.39 is 22.7 Å². The van der Waals surface area contributed by atoms with E-state index in [0.717, 1.165) is 5.57 Å². The molecule has 118 valence electrons. The van der Waals surface area contributed by atoms with E-state index in [1.165, 1.54) is 0 Å². The van der Waals surface area contributed by atoms with Crippen LogP contribution in [0.3, 0.4) is 0 Å². The standard InChI is InChI=1S/C18H16O5/c1-9(2)7-8-11-15(20)17(22)16(21)13-14(19)10-5-3-4-6-12(10)23-18(11)13/h3-7,20-22H,8H2,1-2H3. The Hall–Kier alpha value is -2.95. The first kappa shape index (κ1) is 15.0. The van der Waals surface area contributed by atoms with Crippen LogP contribution in [0.5, 0.6) is 17.2 Å². The van der Waals surface area contributed by atoms with Gasteiger partial charge in [0.15, 0.2) is 11.5 Å². The molecule has 0 spiro atoms. The van der Waals surface area contributed by atoms with E-state index in [4.69, 9.17) is 4.42 Å². The molecule has 2 aromatic carbocycles. The van der Waals surface area contributed by atoms with Crippen LogP contribution in [0, 0.1) is 0 Å². The van der Waals surface area contributed by atoms with Crippen LogP contribution >= 0.6 is 0 Å². The maximum absolute atomic E-state index is 12.6. The minimum Gasteiger partial charge on any atom is -0.504 e. The van der Waals surface area contributed by atoms with Crippen molar-refractivity contribution in [3.8, 4) is 17.2 Å². The van der Waals surface area contributed by atoms with Crippen LogP contribution in [0.1, 0.15) is 19.4 Å². The molecular weight excluding hydrogens is 296 g/mol. The molecule has 5 heteroatoms. The van der Waals surface area contributed by atoms with Crippen molar-refractivity contribution in [2.24, 2.45) is 0 Å². The van der Waals surface area contributed by atoms with Gasteiger partial charge < -0.3 is 19.7 Å². The highest BCUT2D eigenvalue weighted by Gasteiger charge is 2.23. The van der Waals surface area contributed by atoms with Crippen LogP contribution in [0.2, 0.25) is 0 Å². The van der Waals surface area contributed by atoms with Crippen molar-refractivity contribution >= 4 is 21.9 Å². The van der Waals surface area contributed by atoms with Crippen molar-refractivity contribution in [1.29, 1.82) is 0 Å². The first-order valence-electron chi connectivity index (χ1n) is 7.16. The molecule has 0 aliphatic rings. The maximum atomic E-state index is 12.6. The summed E-state index contributed by atoms with van der Waals surface area (Å²) in [7, 11) is 0. The van der Waals surface area contributed by atoms with E-state index in [-0.39, 0.29) is 23.0 Å². The lowest BCUT2D eigenvalue weighted by Crippen LogP contribution is -2.04. The molecule has 0 saturated carbocycles. The second-order valence-corrected chi connectivity index (χ2v) is 5.64. The number of aromatic hydroxyl groups is 3. The highest BCUT2D eigenvalue weighted by Crippen LogP contribution is 2.44. The summed E-state index contributed by atoms with van der Waals surface area (Å²) >= 11 is 0. The second kappa shape index (κ2) is 5.35. The number of benzene rings is 2. The molecule has 0 saturated heterocycles. The van der Waals surface area contributed by atoms with Crippen LogP contribution in [-0.2, 0) is 6.42 Å². The number of allylic oxidation sites excluding steroid dienone is 2. The van der Waals surface area contributed by atoms with Gasteiger partial charge in [0.2, 0.25) is 11.2 Å². The molecule has 0 aliphatic heterocycles. The molecule has 0 fully saturated rings. The first-order chi connectivity index (χ1) is 10.9. The molecule has 23 heavy (non-hydrogen) atoms. The number of fused-ring (bicyclic) bond motifs is 2. The van der Waals surface area contributed by atoms with E-state index in [9.17, 15) is 20.1 Å². The molecule has 0 aliphatic carbocycles. The SMILES string of the molecule is CC(C)=CCc1c(O)c(O)c(O)c2c(=O)c3ccccc3oc12. The Balaban J connectivity index is 2.52. The molecule has 1 aromatic heterocycles. The van der Waals surface area contributed by atoms with E-state index >= 15 is 0 Å². The lowest BCUT2D eigenvalue weighted by Gasteiger charge is -2.11. The van der Waals surface area contributed by atoms with Gasteiger partial charge in [0.1, 0.15) is 16.6 Å². The number of hydrogen-bond acceptors (Lipinski definition) is 5. The highest BCUT2D eigenvalue weighted by molar-refractivity contribution is 5.97. The van der Waals surface area contributed by atoms with Crippen LogP contribution in [0.4, 0.5) is 0 Å². The second-order valence-electron chi connectivity index (χ2n) is 5.64. The van der Waals surface area contributed by atoms with Gasteiger partial charge >= 0.3 is 0 Å². The van der Waals surface area contributed by atoms with Crippen LogP contribution in [0.25, 0.3) is 21.9 Å². The van der Waals surface area contributed by atoms with Crippen LogP contribution < -0.4 is 5.43 Å². The maximum Gasteiger partial charge on any atom is 0.204 e. The summed E-state index contributed by atoms with van der Waals surface area (Å²) in [5, 5.41) is 30.4. The number of phenolic OH excluding ortho intramolecular Hbond substituents is 3. The van der Waals surface area contributed by atoms with E-state index in [1.54, 1.807) is 24.3 Å². The van der Waals surface area contributed by atoms with E-state index in [1.807, 2.05) is 19.9 Å². The largest absolute Gasteiger partial charge is 0.504 e. The molecule has 0 bridgehead atoms. The van der Waals surface area contributed by atoms with E-state index in [2.05, 4.69) is 0 Å². The van der Waals surface area contributed by atoms with Crippen molar-refractivity contribution in [3.63, 3.8) is 0 Å². The summed E-state index contributed by atoms with van der Waals surface area (Å²) in [6.07, 6.45) is 2.10. The van der Waals surface area contributed by atoms with Gasteiger partial charge in [-0.15, -0.1) is 0 Å². The normalized spacial score (nSPS) is 11.0. The Kier molecular flexibility index (Phi) is 3.48. The fourth-order valence-corrected chi connectivity index (χ4v) is 2.55. The third kappa shape index (κ3) is 2.30. The smallest absolute Gasteiger partial charge is 0.204 e. The minimum absolute atomic E-state index is 0.0824. The summed E-state index contributed by atoms with van der Waals surface area (Å²) in [5.74, 6) is -1.86. The zero-order valence-corrected chi connectivity index (χ0v) is 12.8. The average Bonchev–Trinajstić information content (AvgIpc) is 2.52. The number of para-hydroxylation sites is 1. The topological polar surface area (TPSA) is 90.9 Å². The van der Waals surface area contributed by atoms with Gasteiger partial charge in [-0.05, 0) is 32.4 Å². The predicted molar refractivity (Wildman–Crippen MR) is 88.1 cm³/mol. The summed E-state index contributed by atoms with van der Waals surface area (Å²) < 4.78 is 5.75. The number of hydrogen-bond donors (Lipinski definition) is 3. The zero-order valence-electron chi connectivity index (χ0n) is 12.8.